The Kier molecular flexibility index (Phi) is 7.72. The smallest absolute Gasteiger partial charge is 0.414 e. The lowest BCUT2D eigenvalue weighted by atomic mass is 10.1. The zero-order chi connectivity index (χ0) is 26.8. The van der Waals surface area contributed by atoms with Gasteiger partial charge in [-0.3, -0.25) is 15.1 Å². The molecule has 2 aromatic carbocycles. The lowest BCUT2D eigenvalue weighted by Gasteiger charge is -2.24. The fourth-order valence-corrected chi connectivity index (χ4v) is 4.05. The summed E-state index contributed by atoms with van der Waals surface area (Å²) in [5.41, 5.74) is 2.03. The van der Waals surface area contributed by atoms with E-state index in [1.165, 1.54) is 54.7 Å². The van der Waals surface area contributed by atoms with Crippen LogP contribution in [0.15, 0.2) is 53.8 Å². The number of amides is 2. The summed E-state index contributed by atoms with van der Waals surface area (Å²) in [6, 6.07) is 7.81. The van der Waals surface area contributed by atoms with E-state index in [4.69, 9.17) is 16.3 Å². The fraction of sp³-hybridized carbons (Fsp3) is 0.261. The van der Waals surface area contributed by atoms with Gasteiger partial charge in [0.2, 0.25) is 0 Å². The van der Waals surface area contributed by atoms with E-state index in [0.717, 1.165) is 0 Å². The number of hydrogen-bond acceptors (Lipinski definition) is 6. The maximum atomic E-state index is 14.5. The summed E-state index contributed by atoms with van der Waals surface area (Å²) < 4.78 is 46.8. The molecule has 0 spiro atoms. The van der Waals surface area contributed by atoms with E-state index < -0.39 is 39.0 Å². The van der Waals surface area contributed by atoms with Gasteiger partial charge in [-0.15, -0.1) is 4.83 Å². The molecule has 0 aliphatic carbocycles. The molecule has 3 aromatic rings. The van der Waals surface area contributed by atoms with Gasteiger partial charge in [0, 0.05) is 31.5 Å². The maximum absolute atomic E-state index is 14.5. The second-order valence-corrected chi connectivity index (χ2v) is 10.9. The molecule has 36 heavy (non-hydrogen) atoms. The third-order valence-electron chi connectivity index (χ3n) is 4.77. The Balaban J connectivity index is 1.73. The van der Waals surface area contributed by atoms with Crippen molar-refractivity contribution >= 4 is 39.3 Å². The molecule has 1 heterocycles. The Labute approximate surface area is 213 Å². The van der Waals surface area contributed by atoms with Gasteiger partial charge in [-0.2, -0.15) is 0 Å². The van der Waals surface area contributed by atoms with Crippen molar-refractivity contribution in [2.45, 2.75) is 31.3 Å². The van der Waals surface area contributed by atoms with E-state index >= 15 is 0 Å². The topological polar surface area (TPSA) is 123 Å². The maximum Gasteiger partial charge on any atom is 0.414 e. The second kappa shape index (κ2) is 10.2. The molecule has 0 bridgehead atoms. The van der Waals surface area contributed by atoms with Crippen LogP contribution in [0.25, 0.3) is 11.3 Å². The van der Waals surface area contributed by atoms with E-state index in [9.17, 15) is 22.4 Å². The molecule has 0 saturated heterocycles. The van der Waals surface area contributed by atoms with Gasteiger partial charge in [0.15, 0.2) is 5.82 Å². The number of ether oxygens (including phenoxy) is 1. The summed E-state index contributed by atoms with van der Waals surface area (Å²) in [5.74, 6) is -2.07. The van der Waals surface area contributed by atoms with Gasteiger partial charge in [0.1, 0.15) is 5.60 Å². The molecule has 192 valence electrons. The van der Waals surface area contributed by atoms with E-state index in [-0.39, 0.29) is 9.92 Å². The summed E-state index contributed by atoms with van der Waals surface area (Å²) in [7, 11) is -1.00. The van der Waals surface area contributed by atoms with Crippen LogP contribution in [0.2, 0.25) is 5.02 Å². The molecule has 0 aliphatic heterocycles. The standard InChI is InChI=1S/C23H25ClFN5O5S/c1-23(2,3)35-22(32)30(5)15-6-8-16(9-7-15)36(33,34)28-27-21(31)17-10-14(11-18(24)20(17)25)19-12-29(4)13-26-19/h6-13,28H,1-5H3,(H,27,31). The van der Waals surface area contributed by atoms with Crippen LogP contribution in [-0.2, 0) is 21.8 Å². The van der Waals surface area contributed by atoms with Crippen LogP contribution in [0.3, 0.4) is 0 Å². The highest BCUT2D eigenvalue weighted by Gasteiger charge is 2.23. The molecule has 0 unspecified atom stereocenters. The van der Waals surface area contributed by atoms with Crippen molar-refractivity contribution in [3.05, 3.63) is 65.3 Å². The van der Waals surface area contributed by atoms with Crippen LogP contribution >= 0.6 is 11.6 Å². The first-order valence-electron chi connectivity index (χ1n) is 10.5. The highest BCUT2D eigenvalue weighted by Crippen LogP contribution is 2.27. The minimum Gasteiger partial charge on any atom is -0.443 e. The van der Waals surface area contributed by atoms with Crippen LogP contribution in [0, 0.1) is 5.82 Å². The van der Waals surface area contributed by atoms with Gasteiger partial charge in [0.05, 0.1) is 27.5 Å². The zero-order valence-electron chi connectivity index (χ0n) is 20.2. The van der Waals surface area contributed by atoms with Crippen molar-refractivity contribution in [1.82, 2.24) is 19.8 Å². The van der Waals surface area contributed by atoms with Crippen LogP contribution in [-0.4, -0.2) is 42.6 Å². The van der Waals surface area contributed by atoms with Crippen molar-refractivity contribution in [2.75, 3.05) is 11.9 Å². The molecule has 0 aliphatic rings. The number of halogens is 2. The summed E-state index contributed by atoms with van der Waals surface area (Å²) in [6.45, 7) is 5.18. The first-order chi connectivity index (χ1) is 16.7. The predicted octanol–water partition coefficient (Wildman–Crippen LogP) is 3.87. The largest absolute Gasteiger partial charge is 0.443 e. The average molecular weight is 538 g/mol. The number of carbonyl (C=O) groups excluding carboxylic acids is 2. The molecule has 2 N–H and O–H groups in total. The molecule has 0 saturated carbocycles. The fourth-order valence-electron chi connectivity index (χ4n) is 2.99. The lowest BCUT2D eigenvalue weighted by molar-refractivity contribution is 0.0589. The van der Waals surface area contributed by atoms with E-state index in [1.54, 1.807) is 38.6 Å². The van der Waals surface area contributed by atoms with Crippen molar-refractivity contribution in [3.63, 3.8) is 0 Å². The highest BCUT2D eigenvalue weighted by molar-refractivity contribution is 7.89. The minimum absolute atomic E-state index is 0.204. The molecule has 2 amide bonds. The molecule has 3 rings (SSSR count). The number of hydrogen-bond donors (Lipinski definition) is 2. The Morgan fingerprint density at radius 3 is 2.36 bits per heavy atom. The molecule has 0 radical (unpaired) electrons. The van der Waals surface area contributed by atoms with Gasteiger partial charge in [-0.1, -0.05) is 11.6 Å². The first kappa shape index (κ1) is 27.1. The molecular weight excluding hydrogens is 513 g/mol. The number of nitrogens with one attached hydrogen (secondary N) is 2. The summed E-state index contributed by atoms with van der Waals surface area (Å²) >= 11 is 5.94. The monoisotopic (exact) mass is 537 g/mol. The lowest BCUT2D eigenvalue weighted by Crippen LogP contribution is -2.41. The molecular formula is C23H25ClFN5O5S. The molecule has 0 atom stereocenters. The molecule has 13 heteroatoms. The Morgan fingerprint density at radius 1 is 1.17 bits per heavy atom. The molecule has 1 aromatic heterocycles. The van der Waals surface area contributed by atoms with Crippen LogP contribution in [0.1, 0.15) is 31.1 Å². The van der Waals surface area contributed by atoms with E-state index in [0.29, 0.717) is 16.9 Å². The molecule has 0 fully saturated rings. The normalized spacial score (nSPS) is 11.8. The van der Waals surface area contributed by atoms with Gasteiger partial charge in [0.25, 0.3) is 15.9 Å². The number of carbonyl (C=O) groups is 2. The Morgan fingerprint density at radius 2 is 1.81 bits per heavy atom. The summed E-state index contributed by atoms with van der Waals surface area (Å²) in [6.07, 6.45) is 2.56. The number of hydrazine groups is 1. The third kappa shape index (κ3) is 6.39. The Hall–Kier alpha value is -3.48. The number of aryl methyl sites for hydroxylation is 1. The van der Waals surface area contributed by atoms with Gasteiger partial charge < -0.3 is 9.30 Å². The van der Waals surface area contributed by atoms with Gasteiger partial charge in [-0.05, 0) is 57.2 Å². The summed E-state index contributed by atoms with van der Waals surface area (Å²) in [5, 5.41) is -0.323. The van der Waals surface area contributed by atoms with Gasteiger partial charge >= 0.3 is 6.09 Å². The van der Waals surface area contributed by atoms with Gasteiger partial charge in [-0.25, -0.2) is 22.6 Å². The summed E-state index contributed by atoms with van der Waals surface area (Å²) in [4.78, 5) is 31.9. The quantitative estimate of drug-likeness (QED) is 0.460. The van der Waals surface area contributed by atoms with Crippen molar-refractivity contribution in [1.29, 1.82) is 0 Å². The first-order valence-corrected chi connectivity index (χ1v) is 12.4. The van der Waals surface area contributed by atoms with E-state index in [1.807, 2.05) is 10.3 Å². The highest BCUT2D eigenvalue weighted by atomic mass is 35.5. The number of imidazole rings is 1. The number of aromatic nitrogens is 2. The van der Waals surface area contributed by atoms with Crippen molar-refractivity contribution in [3.8, 4) is 11.3 Å². The number of sulfonamides is 1. The van der Waals surface area contributed by atoms with Crippen molar-refractivity contribution < 1.29 is 27.1 Å². The third-order valence-corrected chi connectivity index (χ3v) is 6.31. The Bertz CT molecular complexity index is 1400. The number of rotatable bonds is 6. The minimum atomic E-state index is -4.22. The second-order valence-electron chi connectivity index (χ2n) is 8.84. The average Bonchev–Trinajstić information content (AvgIpc) is 3.24. The SMILES string of the molecule is CN(C(=O)OC(C)(C)C)c1ccc(S(=O)(=O)NNC(=O)c2cc(-c3cn(C)cn3)cc(Cl)c2F)cc1. The van der Waals surface area contributed by atoms with E-state index in [2.05, 4.69) is 4.98 Å². The zero-order valence-corrected chi connectivity index (χ0v) is 21.7. The van der Waals surface area contributed by atoms with Crippen molar-refractivity contribution in [2.24, 2.45) is 7.05 Å². The van der Waals surface area contributed by atoms with Crippen LogP contribution in [0.5, 0.6) is 0 Å². The van der Waals surface area contributed by atoms with Crippen LogP contribution < -0.4 is 15.2 Å². The molecule has 10 nitrogen and oxygen atoms in total. The van der Waals surface area contributed by atoms with Crippen LogP contribution in [0.4, 0.5) is 14.9 Å². The number of benzene rings is 2. The predicted molar refractivity (Wildman–Crippen MR) is 132 cm³/mol. The number of anilines is 1. The number of nitrogens with zero attached hydrogens (tertiary/aromatic N) is 3.